The topological polar surface area (TPSA) is 27.7 Å². The summed E-state index contributed by atoms with van der Waals surface area (Å²) in [7, 11) is 0. The SMILES string of the molecule is CC(C)(C)NN1CCN(CCOC(C)(C)C)CC1. The molecular weight excluding hydrogens is 226 g/mol. The molecule has 0 amide bonds. The highest BCUT2D eigenvalue weighted by molar-refractivity contribution is 4.75. The van der Waals surface area contributed by atoms with E-state index in [2.05, 4.69) is 56.9 Å². The third-order valence-electron chi connectivity index (χ3n) is 2.81. The van der Waals surface area contributed by atoms with Gasteiger partial charge >= 0.3 is 0 Å². The Kier molecular flexibility index (Phi) is 5.59. The van der Waals surface area contributed by atoms with Gasteiger partial charge in [0.1, 0.15) is 0 Å². The molecule has 1 aliphatic rings. The molecule has 1 aliphatic heterocycles. The van der Waals surface area contributed by atoms with E-state index in [4.69, 9.17) is 4.74 Å². The third kappa shape index (κ3) is 7.31. The average molecular weight is 257 g/mol. The van der Waals surface area contributed by atoms with Crippen LogP contribution in [0.4, 0.5) is 0 Å². The Morgan fingerprint density at radius 1 is 0.944 bits per heavy atom. The maximum absolute atomic E-state index is 5.77. The molecule has 0 bridgehead atoms. The molecule has 0 unspecified atom stereocenters. The van der Waals surface area contributed by atoms with E-state index in [0.29, 0.717) is 0 Å². The van der Waals surface area contributed by atoms with Gasteiger partial charge in [0.25, 0.3) is 0 Å². The molecule has 0 spiro atoms. The lowest BCUT2D eigenvalue weighted by Crippen LogP contribution is -2.57. The summed E-state index contributed by atoms with van der Waals surface area (Å²) in [6, 6.07) is 0. The Bertz CT molecular complexity index is 234. The normalized spacial score (nSPS) is 20.3. The molecule has 4 heteroatoms. The van der Waals surface area contributed by atoms with E-state index in [1.807, 2.05) is 0 Å². The number of piperazine rings is 1. The number of nitrogens with zero attached hydrogens (tertiary/aromatic N) is 2. The highest BCUT2D eigenvalue weighted by Gasteiger charge is 2.20. The molecule has 0 saturated carbocycles. The maximum Gasteiger partial charge on any atom is 0.0600 e. The second-order valence-corrected chi connectivity index (χ2v) is 7.15. The van der Waals surface area contributed by atoms with Crippen molar-refractivity contribution in [1.82, 2.24) is 15.3 Å². The molecule has 0 radical (unpaired) electrons. The number of ether oxygens (including phenoxy) is 1. The van der Waals surface area contributed by atoms with Gasteiger partial charge in [0.2, 0.25) is 0 Å². The Morgan fingerprint density at radius 2 is 1.50 bits per heavy atom. The first-order chi connectivity index (χ1) is 8.16. The minimum Gasteiger partial charge on any atom is -0.375 e. The molecule has 1 rings (SSSR count). The van der Waals surface area contributed by atoms with Crippen molar-refractivity contribution in [3.63, 3.8) is 0 Å². The van der Waals surface area contributed by atoms with Crippen LogP contribution in [0.5, 0.6) is 0 Å². The Balaban J connectivity index is 2.16. The zero-order valence-corrected chi connectivity index (χ0v) is 13.0. The largest absolute Gasteiger partial charge is 0.375 e. The van der Waals surface area contributed by atoms with Gasteiger partial charge in [-0.3, -0.25) is 4.90 Å². The minimum absolute atomic E-state index is 0.0182. The number of hydrogen-bond donors (Lipinski definition) is 1. The van der Waals surface area contributed by atoms with Crippen molar-refractivity contribution < 1.29 is 4.74 Å². The predicted octanol–water partition coefficient (Wildman–Crippen LogP) is 1.72. The molecule has 4 nitrogen and oxygen atoms in total. The van der Waals surface area contributed by atoms with Gasteiger partial charge < -0.3 is 4.74 Å². The van der Waals surface area contributed by atoms with E-state index < -0.39 is 0 Å². The predicted molar refractivity (Wildman–Crippen MR) is 76.6 cm³/mol. The van der Waals surface area contributed by atoms with Crippen molar-refractivity contribution in [2.24, 2.45) is 0 Å². The van der Waals surface area contributed by atoms with Crippen LogP contribution in [0.2, 0.25) is 0 Å². The molecule has 1 saturated heterocycles. The zero-order valence-electron chi connectivity index (χ0n) is 13.0. The van der Waals surface area contributed by atoms with Gasteiger partial charge in [-0.1, -0.05) is 0 Å². The Hall–Kier alpha value is -0.160. The fraction of sp³-hybridized carbons (Fsp3) is 1.00. The van der Waals surface area contributed by atoms with Crippen molar-refractivity contribution in [1.29, 1.82) is 0 Å². The lowest BCUT2D eigenvalue weighted by Gasteiger charge is -2.38. The molecule has 0 atom stereocenters. The van der Waals surface area contributed by atoms with Crippen molar-refractivity contribution in [2.45, 2.75) is 52.7 Å². The molecule has 0 aliphatic carbocycles. The fourth-order valence-corrected chi connectivity index (χ4v) is 2.04. The highest BCUT2D eigenvalue weighted by Crippen LogP contribution is 2.08. The summed E-state index contributed by atoms with van der Waals surface area (Å²) in [4.78, 5) is 2.48. The third-order valence-corrected chi connectivity index (χ3v) is 2.81. The van der Waals surface area contributed by atoms with E-state index in [1.54, 1.807) is 0 Å². The lowest BCUT2D eigenvalue weighted by atomic mass is 10.1. The van der Waals surface area contributed by atoms with Crippen LogP contribution >= 0.6 is 0 Å². The van der Waals surface area contributed by atoms with E-state index >= 15 is 0 Å². The van der Waals surface area contributed by atoms with E-state index in [9.17, 15) is 0 Å². The van der Waals surface area contributed by atoms with E-state index in [-0.39, 0.29) is 11.1 Å². The van der Waals surface area contributed by atoms with Crippen molar-refractivity contribution in [3.05, 3.63) is 0 Å². The summed E-state index contributed by atoms with van der Waals surface area (Å²) in [6.45, 7) is 19.2. The van der Waals surface area contributed by atoms with Crippen LogP contribution < -0.4 is 5.43 Å². The van der Waals surface area contributed by atoms with Crippen LogP contribution in [-0.2, 0) is 4.74 Å². The quantitative estimate of drug-likeness (QED) is 0.830. The van der Waals surface area contributed by atoms with Gasteiger partial charge in [-0.15, -0.1) is 0 Å². The number of rotatable bonds is 4. The summed E-state index contributed by atoms with van der Waals surface area (Å²) >= 11 is 0. The summed E-state index contributed by atoms with van der Waals surface area (Å²) in [5, 5.41) is 2.33. The second kappa shape index (κ2) is 6.33. The van der Waals surface area contributed by atoms with Gasteiger partial charge in [-0.25, -0.2) is 10.4 Å². The molecule has 1 heterocycles. The second-order valence-electron chi connectivity index (χ2n) is 7.15. The average Bonchev–Trinajstić information content (AvgIpc) is 2.16. The standard InChI is InChI=1S/C14H31N3O/c1-13(2,3)15-17-9-7-16(8-10-17)11-12-18-14(4,5)6/h15H,7-12H2,1-6H3. The monoisotopic (exact) mass is 257 g/mol. The van der Waals surface area contributed by atoms with Gasteiger partial charge in [0.05, 0.1) is 12.2 Å². The van der Waals surface area contributed by atoms with Gasteiger partial charge in [-0.05, 0) is 41.5 Å². The molecule has 108 valence electrons. The number of hydrogen-bond acceptors (Lipinski definition) is 4. The van der Waals surface area contributed by atoms with Gasteiger partial charge in [0, 0.05) is 38.3 Å². The number of hydrazine groups is 1. The van der Waals surface area contributed by atoms with Crippen molar-refractivity contribution in [2.75, 3.05) is 39.3 Å². The van der Waals surface area contributed by atoms with Crippen LogP contribution in [0.25, 0.3) is 0 Å². The first-order valence-electron chi connectivity index (χ1n) is 7.05. The minimum atomic E-state index is -0.0182. The van der Waals surface area contributed by atoms with E-state index in [1.165, 1.54) is 0 Å². The Morgan fingerprint density at radius 3 is 1.94 bits per heavy atom. The molecule has 18 heavy (non-hydrogen) atoms. The van der Waals surface area contributed by atoms with Crippen LogP contribution in [0.1, 0.15) is 41.5 Å². The van der Waals surface area contributed by atoms with Crippen molar-refractivity contribution >= 4 is 0 Å². The molecule has 0 aromatic heterocycles. The molecule has 0 aromatic rings. The summed E-state index contributed by atoms with van der Waals surface area (Å²) in [5.41, 5.74) is 3.68. The maximum atomic E-state index is 5.77. The molecule has 1 N–H and O–H groups in total. The van der Waals surface area contributed by atoms with Crippen LogP contribution in [-0.4, -0.2) is 60.4 Å². The molecular formula is C14H31N3O. The lowest BCUT2D eigenvalue weighted by molar-refractivity contribution is -0.0222. The zero-order chi connectivity index (χ0) is 13.8. The van der Waals surface area contributed by atoms with Crippen LogP contribution in [0, 0.1) is 0 Å². The van der Waals surface area contributed by atoms with Gasteiger partial charge in [0.15, 0.2) is 0 Å². The molecule has 1 fully saturated rings. The van der Waals surface area contributed by atoms with Gasteiger partial charge in [-0.2, -0.15) is 0 Å². The summed E-state index contributed by atoms with van der Waals surface area (Å²) in [6.07, 6.45) is 0. The van der Waals surface area contributed by atoms with Crippen molar-refractivity contribution in [3.8, 4) is 0 Å². The van der Waals surface area contributed by atoms with Crippen LogP contribution in [0.15, 0.2) is 0 Å². The summed E-state index contributed by atoms with van der Waals surface area (Å²) in [5.74, 6) is 0. The van der Waals surface area contributed by atoms with E-state index in [0.717, 1.165) is 39.3 Å². The Labute approximate surface area is 113 Å². The first kappa shape index (κ1) is 15.9. The smallest absolute Gasteiger partial charge is 0.0600 e. The first-order valence-corrected chi connectivity index (χ1v) is 7.05. The fourth-order valence-electron chi connectivity index (χ4n) is 2.04. The summed E-state index contributed by atoms with van der Waals surface area (Å²) < 4.78 is 5.77. The van der Waals surface area contributed by atoms with Crippen LogP contribution in [0.3, 0.4) is 0 Å². The number of nitrogens with one attached hydrogen (secondary N) is 1. The highest BCUT2D eigenvalue weighted by atomic mass is 16.5. The molecule has 0 aromatic carbocycles.